The molecule has 0 spiro atoms. The van der Waals surface area contributed by atoms with Crippen molar-refractivity contribution in [3.8, 4) is 0 Å². The molecule has 1 aromatic carbocycles. The molecule has 1 aromatic rings. The fourth-order valence-electron chi connectivity index (χ4n) is 2.49. The maximum absolute atomic E-state index is 12.1. The highest BCUT2D eigenvalue weighted by Gasteiger charge is 2.20. The van der Waals surface area contributed by atoms with Crippen LogP contribution in [-0.4, -0.2) is 17.2 Å². The Morgan fingerprint density at radius 1 is 1.42 bits per heavy atom. The van der Waals surface area contributed by atoms with E-state index in [1.165, 1.54) is 24.0 Å². The van der Waals surface area contributed by atoms with Gasteiger partial charge in [0.25, 0.3) is 0 Å². The van der Waals surface area contributed by atoms with Gasteiger partial charge in [-0.1, -0.05) is 42.7 Å². The van der Waals surface area contributed by atoms with Crippen molar-refractivity contribution in [3.63, 3.8) is 0 Å². The third-order valence-electron chi connectivity index (χ3n) is 3.65. The fraction of sp³-hybridized carbons (Fsp3) is 0.562. The van der Waals surface area contributed by atoms with E-state index < -0.39 is 0 Å². The van der Waals surface area contributed by atoms with Crippen LogP contribution in [0.15, 0.2) is 24.3 Å². The highest BCUT2D eigenvalue weighted by atomic mass is 32.2. The SMILES string of the molecule is Cc1cccc(CS[C@@H](C)C(=O)NC2CCCC2)c1. The van der Waals surface area contributed by atoms with Crippen LogP contribution in [0.1, 0.15) is 43.7 Å². The summed E-state index contributed by atoms with van der Waals surface area (Å²) in [4.78, 5) is 12.1. The van der Waals surface area contributed by atoms with Gasteiger partial charge in [-0.15, -0.1) is 11.8 Å². The maximum Gasteiger partial charge on any atom is 0.233 e. The molecule has 19 heavy (non-hydrogen) atoms. The van der Waals surface area contributed by atoms with E-state index in [0.717, 1.165) is 18.6 Å². The van der Waals surface area contributed by atoms with Gasteiger partial charge in [0.2, 0.25) is 5.91 Å². The van der Waals surface area contributed by atoms with Gasteiger partial charge in [0.1, 0.15) is 0 Å². The van der Waals surface area contributed by atoms with E-state index in [1.807, 2.05) is 6.92 Å². The van der Waals surface area contributed by atoms with Gasteiger partial charge in [0.15, 0.2) is 0 Å². The molecule has 1 N–H and O–H groups in total. The molecule has 0 aromatic heterocycles. The van der Waals surface area contributed by atoms with Gasteiger partial charge in [-0.05, 0) is 32.3 Å². The Hall–Kier alpha value is -0.960. The topological polar surface area (TPSA) is 29.1 Å². The Kier molecular flexibility index (Phi) is 5.32. The Bertz CT molecular complexity index is 427. The number of carbonyl (C=O) groups is 1. The Labute approximate surface area is 120 Å². The summed E-state index contributed by atoms with van der Waals surface area (Å²) in [6.07, 6.45) is 4.83. The van der Waals surface area contributed by atoms with Crippen LogP contribution < -0.4 is 5.32 Å². The highest BCUT2D eigenvalue weighted by Crippen LogP contribution is 2.21. The quantitative estimate of drug-likeness (QED) is 0.889. The first-order valence-electron chi connectivity index (χ1n) is 7.12. The molecule has 2 rings (SSSR count). The average molecular weight is 277 g/mol. The largest absolute Gasteiger partial charge is 0.352 e. The lowest BCUT2D eigenvalue weighted by atomic mass is 10.2. The number of carbonyl (C=O) groups excluding carboxylic acids is 1. The van der Waals surface area contributed by atoms with Crippen molar-refractivity contribution in [2.24, 2.45) is 0 Å². The van der Waals surface area contributed by atoms with Gasteiger partial charge in [0.05, 0.1) is 5.25 Å². The van der Waals surface area contributed by atoms with Crippen molar-refractivity contribution in [1.29, 1.82) is 0 Å². The zero-order valence-corrected chi connectivity index (χ0v) is 12.6. The second-order valence-corrected chi connectivity index (χ2v) is 6.76. The van der Waals surface area contributed by atoms with Gasteiger partial charge >= 0.3 is 0 Å². The second-order valence-electron chi connectivity index (χ2n) is 5.43. The van der Waals surface area contributed by atoms with Crippen molar-refractivity contribution in [2.45, 2.75) is 56.6 Å². The molecule has 0 unspecified atom stereocenters. The van der Waals surface area contributed by atoms with E-state index in [2.05, 4.69) is 36.5 Å². The lowest BCUT2D eigenvalue weighted by Crippen LogP contribution is -2.37. The van der Waals surface area contributed by atoms with E-state index >= 15 is 0 Å². The molecule has 1 aliphatic rings. The van der Waals surface area contributed by atoms with Crippen LogP contribution in [0.4, 0.5) is 0 Å². The first-order chi connectivity index (χ1) is 9.15. The first-order valence-corrected chi connectivity index (χ1v) is 8.17. The summed E-state index contributed by atoms with van der Waals surface area (Å²) in [7, 11) is 0. The molecule has 3 heteroatoms. The molecule has 0 heterocycles. The summed E-state index contributed by atoms with van der Waals surface area (Å²) >= 11 is 1.72. The predicted octanol–water partition coefficient (Wildman–Crippen LogP) is 3.68. The van der Waals surface area contributed by atoms with Crippen molar-refractivity contribution in [3.05, 3.63) is 35.4 Å². The van der Waals surface area contributed by atoms with E-state index in [4.69, 9.17) is 0 Å². The Morgan fingerprint density at radius 2 is 2.16 bits per heavy atom. The van der Waals surface area contributed by atoms with Crippen molar-refractivity contribution >= 4 is 17.7 Å². The van der Waals surface area contributed by atoms with Crippen LogP contribution in [0.25, 0.3) is 0 Å². The molecule has 0 aliphatic heterocycles. The molecule has 1 atom stereocenters. The minimum absolute atomic E-state index is 0.0288. The Balaban J connectivity index is 1.76. The highest BCUT2D eigenvalue weighted by molar-refractivity contribution is 7.99. The van der Waals surface area contributed by atoms with E-state index in [1.54, 1.807) is 11.8 Å². The minimum Gasteiger partial charge on any atom is -0.352 e. The molecule has 1 amide bonds. The zero-order chi connectivity index (χ0) is 13.7. The number of aryl methyl sites for hydroxylation is 1. The van der Waals surface area contributed by atoms with Gasteiger partial charge in [-0.3, -0.25) is 4.79 Å². The molecule has 0 radical (unpaired) electrons. The summed E-state index contributed by atoms with van der Waals surface area (Å²) < 4.78 is 0. The monoisotopic (exact) mass is 277 g/mol. The predicted molar refractivity (Wildman–Crippen MR) is 82.3 cm³/mol. The molecule has 1 saturated carbocycles. The normalized spacial score (nSPS) is 17.4. The van der Waals surface area contributed by atoms with Crippen molar-refractivity contribution in [2.75, 3.05) is 0 Å². The van der Waals surface area contributed by atoms with Crippen molar-refractivity contribution in [1.82, 2.24) is 5.32 Å². The lowest BCUT2D eigenvalue weighted by molar-refractivity contribution is -0.120. The average Bonchev–Trinajstić information content (AvgIpc) is 2.89. The Morgan fingerprint density at radius 3 is 2.84 bits per heavy atom. The van der Waals surface area contributed by atoms with Gasteiger partial charge in [0, 0.05) is 11.8 Å². The van der Waals surface area contributed by atoms with Gasteiger partial charge < -0.3 is 5.32 Å². The van der Waals surface area contributed by atoms with Crippen molar-refractivity contribution < 1.29 is 4.79 Å². The number of rotatable bonds is 5. The maximum atomic E-state index is 12.1. The fourth-order valence-corrected chi connectivity index (χ4v) is 3.33. The third-order valence-corrected chi connectivity index (χ3v) is 4.87. The second kappa shape index (κ2) is 6.99. The molecular weight excluding hydrogens is 254 g/mol. The molecule has 0 bridgehead atoms. The summed E-state index contributed by atoms with van der Waals surface area (Å²) in [5, 5.41) is 3.20. The lowest BCUT2D eigenvalue weighted by Gasteiger charge is -2.16. The number of hydrogen-bond acceptors (Lipinski definition) is 2. The van der Waals surface area contributed by atoms with Crippen LogP contribution in [-0.2, 0) is 10.5 Å². The molecule has 0 saturated heterocycles. The summed E-state index contributed by atoms with van der Waals surface area (Å²) in [5.41, 5.74) is 2.58. The standard InChI is InChI=1S/C16H23NOS/c1-12-6-5-7-14(10-12)11-19-13(2)16(18)17-15-8-3-4-9-15/h5-7,10,13,15H,3-4,8-9,11H2,1-2H3,(H,17,18)/t13-/m0/s1. The van der Waals surface area contributed by atoms with E-state index in [0.29, 0.717) is 6.04 Å². The number of hydrogen-bond donors (Lipinski definition) is 1. The molecule has 1 fully saturated rings. The molecule has 104 valence electrons. The summed E-state index contributed by atoms with van der Waals surface area (Å²) in [5.74, 6) is 1.10. The van der Waals surface area contributed by atoms with Crippen LogP contribution >= 0.6 is 11.8 Å². The number of thioether (sulfide) groups is 1. The van der Waals surface area contributed by atoms with Gasteiger partial charge in [-0.2, -0.15) is 0 Å². The van der Waals surface area contributed by atoms with E-state index in [9.17, 15) is 4.79 Å². The van der Waals surface area contributed by atoms with Crippen LogP contribution in [0.2, 0.25) is 0 Å². The number of amides is 1. The summed E-state index contributed by atoms with van der Waals surface area (Å²) in [6, 6.07) is 8.92. The van der Waals surface area contributed by atoms with Gasteiger partial charge in [-0.25, -0.2) is 0 Å². The third kappa shape index (κ3) is 4.57. The molecule has 2 nitrogen and oxygen atoms in total. The molecule has 1 aliphatic carbocycles. The first kappa shape index (κ1) is 14.4. The van der Waals surface area contributed by atoms with E-state index in [-0.39, 0.29) is 11.2 Å². The van der Waals surface area contributed by atoms with Crippen LogP contribution in [0.3, 0.4) is 0 Å². The van der Waals surface area contributed by atoms with Crippen LogP contribution in [0.5, 0.6) is 0 Å². The number of benzene rings is 1. The minimum atomic E-state index is 0.0288. The zero-order valence-electron chi connectivity index (χ0n) is 11.8. The smallest absolute Gasteiger partial charge is 0.233 e. The summed E-state index contributed by atoms with van der Waals surface area (Å²) in [6.45, 7) is 4.11. The van der Waals surface area contributed by atoms with Crippen LogP contribution in [0, 0.1) is 6.92 Å². The molecular formula is C16H23NOS. The number of nitrogens with one attached hydrogen (secondary N) is 1.